The van der Waals surface area contributed by atoms with E-state index in [1.54, 1.807) is 35.6 Å². The van der Waals surface area contributed by atoms with Crippen LogP contribution >= 0.6 is 0 Å². The van der Waals surface area contributed by atoms with Crippen molar-refractivity contribution in [3.8, 4) is 11.1 Å². The van der Waals surface area contributed by atoms with Crippen molar-refractivity contribution in [2.24, 2.45) is 0 Å². The third-order valence-electron chi connectivity index (χ3n) is 6.08. The van der Waals surface area contributed by atoms with Gasteiger partial charge in [0.25, 0.3) is 5.91 Å². The summed E-state index contributed by atoms with van der Waals surface area (Å²) in [6.45, 7) is 1.34. The zero-order chi connectivity index (χ0) is 18.8. The van der Waals surface area contributed by atoms with E-state index in [1.807, 2.05) is 13.1 Å². The van der Waals surface area contributed by atoms with Crippen LogP contribution in [0.15, 0.2) is 41.2 Å². The molecule has 4 heterocycles. The maximum atomic E-state index is 13.5. The number of furan rings is 1. The predicted molar refractivity (Wildman–Crippen MR) is 96.8 cm³/mol. The number of likely N-dealkylation sites (tertiary alicyclic amines) is 2. The zero-order valence-corrected chi connectivity index (χ0v) is 14.8. The number of nitrogens with zero attached hydrogens (tertiary/aromatic N) is 2. The van der Waals surface area contributed by atoms with Crippen molar-refractivity contribution < 1.29 is 19.1 Å². The number of hydrogen-bond donors (Lipinski definition) is 3. The van der Waals surface area contributed by atoms with E-state index in [9.17, 15) is 14.7 Å². The van der Waals surface area contributed by atoms with Crippen molar-refractivity contribution in [3.63, 3.8) is 0 Å². The second kappa shape index (κ2) is 5.58. The van der Waals surface area contributed by atoms with Gasteiger partial charge in [0.05, 0.1) is 18.2 Å². The fraction of sp³-hybridized carbons (Fsp3) is 0.368. The molecule has 2 saturated heterocycles. The number of anilines is 1. The van der Waals surface area contributed by atoms with Gasteiger partial charge >= 0.3 is 5.97 Å². The van der Waals surface area contributed by atoms with Gasteiger partial charge in [-0.25, -0.2) is 10.2 Å². The summed E-state index contributed by atoms with van der Waals surface area (Å²) in [5, 5.41) is 10.1. The van der Waals surface area contributed by atoms with Gasteiger partial charge in [-0.05, 0) is 37.2 Å². The number of benzene rings is 1. The largest absolute Gasteiger partial charge is 0.479 e. The minimum Gasteiger partial charge on any atom is -0.479 e. The van der Waals surface area contributed by atoms with Gasteiger partial charge < -0.3 is 19.8 Å². The van der Waals surface area contributed by atoms with Crippen LogP contribution in [0.2, 0.25) is 0 Å². The molecule has 0 radical (unpaired) electrons. The van der Waals surface area contributed by atoms with Gasteiger partial charge in [0.15, 0.2) is 0 Å². The third kappa shape index (κ3) is 2.17. The number of piperazine rings is 1. The van der Waals surface area contributed by atoms with Crippen LogP contribution < -0.4 is 10.9 Å². The van der Waals surface area contributed by atoms with Gasteiger partial charge in [-0.1, -0.05) is 6.07 Å². The molecule has 1 aromatic heterocycles. The first kappa shape index (κ1) is 16.3. The highest BCUT2D eigenvalue weighted by molar-refractivity contribution is 6.10. The van der Waals surface area contributed by atoms with Crippen LogP contribution in [-0.2, 0) is 15.1 Å². The van der Waals surface area contributed by atoms with Crippen molar-refractivity contribution in [2.45, 2.75) is 24.0 Å². The number of rotatable bonds is 3. The van der Waals surface area contributed by atoms with E-state index >= 15 is 0 Å². The van der Waals surface area contributed by atoms with Crippen LogP contribution in [0.25, 0.3) is 11.1 Å². The first-order valence-corrected chi connectivity index (χ1v) is 8.95. The van der Waals surface area contributed by atoms with Gasteiger partial charge in [-0.3, -0.25) is 9.69 Å². The fourth-order valence-corrected chi connectivity index (χ4v) is 4.56. The average molecular weight is 368 g/mol. The minimum atomic E-state index is -1.84. The molecule has 1 amide bonds. The Balaban J connectivity index is 1.57. The molecule has 3 aliphatic rings. The number of carbonyl (C=O) groups is 2. The molecule has 140 valence electrons. The van der Waals surface area contributed by atoms with Crippen molar-refractivity contribution in [1.29, 1.82) is 0 Å². The molecule has 2 aromatic rings. The topological polar surface area (TPSA) is 98.1 Å². The molecule has 8 heteroatoms. The highest BCUT2D eigenvalue weighted by Crippen LogP contribution is 2.41. The van der Waals surface area contributed by atoms with E-state index in [2.05, 4.69) is 15.8 Å². The summed E-state index contributed by atoms with van der Waals surface area (Å²) in [6, 6.07) is 7.57. The van der Waals surface area contributed by atoms with Crippen LogP contribution in [0, 0.1) is 0 Å². The van der Waals surface area contributed by atoms with Crippen molar-refractivity contribution in [3.05, 3.63) is 42.4 Å². The molecule has 2 bridgehead atoms. The monoisotopic (exact) mass is 368 g/mol. The molecule has 0 spiro atoms. The smallest absolute Gasteiger partial charge is 0.340 e. The quantitative estimate of drug-likeness (QED) is 0.697. The Hall–Kier alpha value is -2.84. The summed E-state index contributed by atoms with van der Waals surface area (Å²) >= 11 is 0. The molecule has 2 fully saturated rings. The van der Waals surface area contributed by atoms with Gasteiger partial charge in [-0.15, -0.1) is 0 Å². The molecule has 1 unspecified atom stereocenters. The molecule has 5 rings (SSSR count). The lowest BCUT2D eigenvalue weighted by atomic mass is 9.87. The van der Waals surface area contributed by atoms with Crippen molar-refractivity contribution in [1.82, 2.24) is 15.2 Å². The van der Waals surface area contributed by atoms with Crippen molar-refractivity contribution >= 4 is 17.6 Å². The number of carboxylic acid groups (broad SMARTS) is 1. The Kier molecular flexibility index (Phi) is 3.38. The highest BCUT2D eigenvalue weighted by atomic mass is 16.4. The number of aliphatic carboxylic acids is 1. The highest BCUT2D eigenvalue weighted by Gasteiger charge is 2.58. The number of carbonyl (C=O) groups excluding carboxylic acids is 1. The predicted octanol–water partition coefficient (Wildman–Crippen LogP) is 1.07. The van der Waals surface area contributed by atoms with Crippen molar-refractivity contribution in [2.75, 3.05) is 25.6 Å². The van der Waals surface area contributed by atoms with Crippen LogP contribution in [0.3, 0.4) is 0 Å². The normalized spacial score (nSPS) is 29.0. The molecular weight excluding hydrogens is 348 g/mol. The molecule has 0 saturated carbocycles. The Labute approximate surface area is 155 Å². The Bertz CT molecular complexity index is 926. The molecular formula is C19H20N4O4. The summed E-state index contributed by atoms with van der Waals surface area (Å²) in [6.07, 6.45) is 4.05. The third-order valence-corrected chi connectivity index (χ3v) is 6.08. The second-order valence-electron chi connectivity index (χ2n) is 7.52. The summed E-state index contributed by atoms with van der Waals surface area (Å²) in [7, 11) is 2.04. The Morgan fingerprint density at radius 3 is 2.70 bits per heavy atom. The Morgan fingerprint density at radius 2 is 2.07 bits per heavy atom. The first-order valence-electron chi connectivity index (χ1n) is 8.95. The minimum absolute atomic E-state index is 0.0617. The van der Waals surface area contributed by atoms with Crippen LogP contribution in [-0.4, -0.2) is 59.0 Å². The number of hydrogen-bond acceptors (Lipinski definition) is 6. The molecule has 3 aliphatic heterocycles. The summed E-state index contributed by atoms with van der Waals surface area (Å²) in [5.41, 5.74) is 6.49. The number of nitrogens with one attached hydrogen (secondary N) is 2. The van der Waals surface area contributed by atoms with Crippen LogP contribution in [0.4, 0.5) is 5.69 Å². The van der Waals surface area contributed by atoms with E-state index in [0.29, 0.717) is 23.8 Å². The molecule has 3 N–H and O–H groups in total. The number of carboxylic acids is 1. The van der Waals surface area contributed by atoms with E-state index in [4.69, 9.17) is 4.42 Å². The SMILES string of the molecule is CN1C[C@@H]2C[C@H]1CN2C(=O)C1(C(=O)O)NNc2ccc(-c3ccoc3)cc21. The Morgan fingerprint density at radius 1 is 1.22 bits per heavy atom. The summed E-state index contributed by atoms with van der Waals surface area (Å²) < 4.78 is 5.13. The zero-order valence-electron chi connectivity index (χ0n) is 14.8. The standard InChI is InChI=1S/C19H20N4O4/c1-22-8-14-7-13(22)9-23(14)17(24)19(18(25)26)15-6-11(12-4-5-27-10-12)2-3-16(15)20-21-19/h2-6,10,13-14,20-21H,7-9H2,1H3,(H,25,26)/t13-,14-,19?/m0/s1. The van der Waals surface area contributed by atoms with Gasteiger partial charge in [-0.2, -0.15) is 0 Å². The van der Waals surface area contributed by atoms with E-state index in [-0.39, 0.29) is 6.04 Å². The summed E-state index contributed by atoms with van der Waals surface area (Å²) in [4.78, 5) is 29.8. The van der Waals surface area contributed by atoms with Gasteiger partial charge in [0, 0.05) is 36.3 Å². The lowest BCUT2D eigenvalue weighted by Crippen LogP contribution is -2.61. The van der Waals surface area contributed by atoms with E-state index < -0.39 is 17.4 Å². The van der Waals surface area contributed by atoms with Crippen LogP contribution in [0.1, 0.15) is 12.0 Å². The summed E-state index contributed by atoms with van der Waals surface area (Å²) in [5.74, 6) is -1.62. The number of hydrazine groups is 1. The number of fused-ring (bicyclic) bond motifs is 3. The van der Waals surface area contributed by atoms with E-state index in [1.165, 1.54) is 0 Å². The average Bonchev–Trinajstić information content (AvgIpc) is 3.42. The molecule has 8 nitrogen and oxygen atoms in total. The lowest BCUT2D eigenvalue weighted by molar-refractivity contribution is -0.156. The number of amides is 1. The maximum absolute atomic E-state index is 13.5. The fourth-order valence-electron chi connectivity index (χ4n) is 4.56. The lowest BCUT2D eigenvalue weighted by Gasteiger charge is -2.36. The van der Waals surface area contributed by atoms with Gasteiger partial charge in [0.1, 0.15) is 0 Å². The molecule has 27 heavy (non-hydrogen) atoms. The first-order chi connectivity index (χ1) is 13.0. The molecule has 3 atom stereocenters. The molecule has 1 aromatic carbocycles. The number of likely N-dealkylation sites (N-methyl/N-ethyl adjacent to an activating group) is 1. The van der Waals surface area contributed by atoms with Crippen LogP contribution in [0.5, 0.6) is 0 Å². The van der Waals surface area contributed by atoms with Gasteiger partial charge in [0.2, 0.25) is 5.54 Å². The maximum Gasteiger partial charge on any atom is 0.340 e. The van der Waals surface area contributed by atoms with E-state index in [0.717, 1.165) is 24.1 Å². The second-order valence-corrected chi connectivity index (χ2v) is 7.52. The molecule has 0 aliphatic carbocycles.